The molecule has 0 radical (unpaired) electrons. The van der Waals surface area contributed by atoms with Crippen LogP contribution in [0.25, 0.3) is 0 Å². The van der Waals surface area contributed by atoms with Crippen molar-refractivity contribution in [2.45, 2.75) is 51.0 Å². The Morgan fingerprint density at radius 3 is 2.48 bits per heavy atom. The molecule has 0 unspecified atom stereocenters. The van der Waals surface area contributed by atoms with Crippen molar-refractivity contribution < 1.29 is 19.2 Å². The summed E-state index contributed by atoms with van der Waals surface area (Å²) in [6, 6.07) is 8.84. The lowest BCUT2D eigenvalue weighted by Crippen LogP contribution is -2.54. The molecule has 3 fully saturated rings. The molecule has 1 aromatic rings. The number of hydrogen-bond acceptors (Lipinski definition) is 4. The molecule has 2 aliphatic heterocycles. The number of carbonyl (C=O) groups is 4. The molecule has 166 valence electrons. The van der Waals surface area contributed by atoms with Gasteiger partial charge in [0, 0.05) is 24.7 Å². The van der Waals surface area contributed by atoms with Gasteiger partial charge in [-0.15, -0.1) is 0 Å². The predicted octanol–water partition coefficient (Wildman–Crippen LogP) is 2.36. The van der Waals surface area contributed by atoms with E-state index < -0.39 is 11.6 Å². The number of nitrogens with zero attached hydrogens (tertiary/aromatic N) is 2. The normalized spacial score (nSPS) is 26.8. The van der Waals surface area contributed by atoms with E-state index in [0.717, 1.165) is 29.8 Å². The average molecular weight is 427 g/mol. The fourth-order valence-corrected chi connectivity index (χ4v) is 5.03. The molecule has 0 aromatic heterocycles. The van der Waals surface area contributed by atoms with Gasteiger partial charge in [-0.3, -0.25) is 19.3 Å². The van der Waals surface area contributed by atoms with E-state index in [1.165, 1.54) is 0 Å². The second kappa shape index (κ2) is 8.69. The molecular weight excluding hydrogens is 396 g/mol. The summed E-state index contributed by atoms with van der Waals surface area (Å²) in [5, 5.41) is 5.80. The Balaban J connectivity index is 1.30. The minimum absolute atomic E-state index is 0.0411. The zero-order valence-electron chi connectivity index (χ0n) is 17.9. The third-order valence-electron chi connectivity index (χ3n) is 7.05. The maximum absolute atomic E-state index is 13.1. The van der Waals surface area contributed by atoms with E-state index in [-0.39, 0.29) is 36.1 Å². The van der Waals surface area contributed by atoms with Gasteiger partial charge in [-0.25, -0.2) is 4.79 Å². The molecule has 1 saturated carbocycles. The third-order valence-corrected chi connectivity index (χ3v) is 7.05. The lowest BCUT2D eigenvalue weighted by atomic mass is 9.73. The van der Waals surface area contributed by atoms with Crippen LogP contribution in [0.5, 0.6) is 0 Å². The number of anilines is 1. The number of rotatable bonds is 4. The summed E-state index contributed by atoms with van der Waals surface area (Å²) < 4.78 is 0. The monoisotopic (exact) mass is 426 g/mol. The zero-order chi connectivity index (χ0) is 22.0. The van der Waals surface area contributed by atoms with E-state index in [0.29, 0.717) is 32.4 Å². The molecule has 8 nitrogen and oxygen atoms in total. The van der Waals surface area contributed by atoms with Crippen LogP contribution in [0, 0.1) is 11.8 Å². The van der Waals surface area contributed by atoms with Gasteiger partial charge in [-0.2, -0.15) is 0 Å². The van der Waals surface area contributed by atoms with Crippen LogP contribution in [0.4, 0.5) is 10.5 Å². The first-order valence-electron chi connectivity index (χ1n) is 11.2. The molecule has 2 N–H and O–H groups in total. The first-order valence-corrected chi connectivity index (χ1v) is 11.2. The van der Waals surface area contributed by atoms with Crippen molar-refractivity contribution in [3.05, 3.63) is 30.3 Å². The van der Waals surface area contributed by atoms with Crippen LogP contribution in [0.3, 0.4) is 0 Å². The molecule has 8 heteroatoms. The molecule has 1 aliphatic carbocycles. The van der Waals surface area contributed by atoms with E-state index in [1.54, 1.807) is 4.90 Å². The van der Waals surface area contributed by atoms with E-state index in [2.05, 4.69) is 10.6 Å². The van der Waals surface area contributed by atoms with Crippen LogP contribution in [-0.2, 0) is 14.4 Å². The number of likely N-dealkylation sites (tertiary alicyclic amines) is 1. The van der Waals surface area contributed by atoms with Crippen LogP contribution < -0.4 is 10.6 Å². The molecule has 31 heavy (non-hydrogen) atoms. The lowest BCUT2D eigenvalue weighted by molar-refractivity contribution is -0.141. The number of imide groups is 1. The molecule has 2 heterocycles. The summed E-state index contributed by atoms with van der Waals surface area (Å²) in [5.74, 6) is -0.647. The maximum Gasteiger partial charge on any atom is 0.325 e. The fourth-order valence-electron chi connectivity index (χ4n) is 5.03. The Morgan fingerprint density at radius 1 is 1.10 bits per heavy atom. The highest BCUT2D eigenvalue weighted by Crippen LogP contribution is 2.38. The largest absolute Gasteiger partial charge is 0.341 e. The second-order valence-corrected chi connectivity index (χ2v) is 8.95. The number of nitrogens with one attached hydrogen (secondary N) is 2. The van der Waals surface area contributed by atoms with Crippen LogP contribution >= 0.6 is 0 Å². The van der Waals surface area contributed by atoms with Crippen LogP contribution in [0.15, 0.2) is 30.3 Å². The van der Waals surface area contributed by atoms with Crippen molar-refractivity contribution in [2.75, 3.05) is 25.0 Å². The summed E-state index contributed by atoms with van der Waals surface area (Å²) in [6.07, 6.45) is 4.60. The van der Waals surface area contributed by atoms with Crippen molar-refractivity contribution in [3.63, 3.8) is 0 Å². The molecule has 1 aromatic carbocycles. The second-order valence-electron chi connectivity index (χ2n) is 8.95. The third kappa shape index (κ3) is 4.16. The quantitative estimate of drug-likeness (QED) is 0.722. The summed E-state index contributed by atoms with van der Waals surface area (Å²) in [4.78, 5) is 53.6. The molecule has 4 rings (SSSR count). The molecule has 2 saturated heterocycles. The SMILES string of the molecule is C[C@@H]1CCCC[C@@]12NC(=O)N(CC(=O)N1CCC(C(=O)Nc3ccccc3)CC1)C2=O. The summed E-state index contributed by atoms with van der Waals surface area (Å²) in [6.45, 7) is 2.64. The zero-order valence-corrected chi connectivity index (χ0v) is 17.9. The number of benzene rings is 1. The number of para-hydroxylation sites is 1. The van der Waals surface area contributed by atoms with Gasteiger partial charge in [0.15, 0.2) is 0 Å². The van der Waals surface area contributed by atoms with Crippen molar-refractivity contribution in [1.29, 1.82) is 0 Å². The smallest absolute Gasteiger partial charge is 0.325 e. The number of hydrogen-bond donors (Lipinski definition) is 2. The van der Waals surface area contributed by atoms with E-state index >= 15 is 0 Å². The highest BCUT2D eigenvalue weighted by Gasteiger charge is 2.55. The molecular formula is C23H30N4O4. The van der Waals surface area contributed by atoms with Crippen LogP contribution in [0.1, 0.15) is 45.4 Å². The van der Waals surface area contributed by atoms with Crippen LogP contribution in [-0.4, -0.2) is 58.7 Å². The van der Waals surface area contributed by atoms with Gasteiger partial charge in [0.05, 0.1) is 0 Å². The standard InChI is InChI=1S/C23H30N4O4/c1-16-7-5-6-12-23(16)21(30)27(22(31)25-23)15-19(28)26-13-10-17(11-14-26)20(29)24-18-8-3-2-4-9-18/h2-4,8-9,16-17H,5-7,10-15H2,1H3,(H,24,29)(H,25,31)/t16-,23-/m1/s1. The topological polar surface area (TPSA) is 98.8 Å². The van der Waals surface area contributed by atoms with Crippen molar-refractivity contribution in [3.8, 4) is 0 Å². The number of carbonyl (C=O) groups excluding carboxylic acids is 4. The summed E-state index contributed by atoms with van der Waals surface area (Å²) in [5.41, 5.74) is -0.0894. The lowest BCUT2D eigenvalue weighted by Gasteiger charge is -2.37. The Labute approximate surface area is 182 Å². The van der Waals surface area contributed by atoms with Crippen LogP contribution in [0.2, 0.25) is 0 Å². The first kappa shape index (κ1) is 21.3. The highest BCUT2D eigenvalue weighted by molar-refractivity contribution is 6.09. The van der Waals surface area contributed by atoms with Gasteiger partial charge in [0.25, 0.3) is 5.91 Å². The molecule has 0 bridgehead atoms. The van der Waals surface area contributed by atoms with E-state index in [4.69, 9.17) is 0 Å². The minimum atomic E-state index is -0.849. The Morgan fingerprint density at radius 2 is 1.81 bits per heavy atom. The van der Waals surface area contributed by atoms with Gasteiger partial charge < -0.3 is 15.5 Å². The number of urea groups is 1. The molecule has 3 aliphatic rings. The van der Waals surface area contributed by atoms with Gasteiger partial charge in [0.1, 0.15) is 12.1 Å². The summed E-state index contributed by atoms with van der Waals surface area (Å²) in [7, 11) is 0. The van der Waals surface area contributed by atoms with Crippen molar-refractivity contribution in [1.82, 2.24) is 15.1 Å². The Bertz CT molecular complexity index is 866. The Hall–Kier alpha value is -2.90. The maximum atomic E-state index is 13.1. The average Bonchev–Trinajstić information content (AvgIpc) is 3.01. The van der Waals surface area contributed by atoms with Gasteiger partial charge >= 0.3 is 6.03 Å². The minimum Gasteiger partial charge on any atom is -0.341 e. The van der Waals surface area contributed by atoms with Gasteiger partial charge in [-0.05, 0) is 43.7 Å². The number of amides is 5. The first-order chi connectivity index (χ1) is 14.9. The molecule has 1 spiro atoms. The van der Waals surface area contributed by atoms with E-state index in [9.17, 15) is 19.2 Å². The van der Waals surface area contributed by atoms with Gasteiger partial charge in [-0.1, -0.05) is 38.0 Å². The van der Waals surface area contributed by atoms with Crippen molar-refractivity contribution in [2.24, 2.45) is 11.8 Å². The predicted molar refractivity (Wildman–Crippen MR) is 115 cm³/mol. The van der Waals surface area contributed by atoms with Gasteiger partial charge in [0.2, 0.25) is 11.8 Å². The molecule has 2 atom stereocenters. The molecule has 5 amide bonds. The fraction of sp³-hybridized carbons (Fsp3) is 0.565. The van der Waals surface area contributed by atoms with Crippen molar-refractivity contribution >= 4 is 29.4 Å². The van der Waals surface area contributed by atoms with E-state index in [1.807, 2.05) is 37.3 Å². The number of piperidine rings is 1. The summed E-state index contributed by atoms with van der Waals surface area (Å²) >= 11 is 0. The Kier molecular flexibility index (Phi) is 5.98. The highest BCUT2D eigenvalue weighted by atomic mass is 16.2.